The van der Waals surface area contributed by atoms with Gasteiger partial charge in [0.1, 0.15) is 0 Å². The van der Waals surface area contributed by atoms with Gasteiger partial charge in [-0.25, -0.2) is 0 Å². The van der Waals surface area contributed by atoms with E-state index in [1.807, 2.05) is 0 Å². The minimum Gasteiger partial charge on any atom is -0.391 e. The highest BCUT2D eigenvalue weighted by Gasteiger charge is 2.11. The number of H-pyrrole nitrogens is 1. The Morgan fingerprint density at radius 1 is 1.67 bits per heavy atom. The maximum Gasteiger partial charge on any atom is 0.248 e. The summed E-state index contributed by atoms with van der Waals surface area (Å²) >= 11 is 0. The number of hydrogen-bond acceptors (Lipinski definition) is 3. The van der Waals surface area contributed by atoms with Gasteiger partial charge in [0, 0.05) is 12.3 Å². The number of nitrogens with two attached hydrogens (primary N) is 1. The molecule has 4 N–H and O–H groups in total. The molecule has 0 amide bonds. The van der Waals surface area contributed by atoms with Crippen LogP contribution in [0.4, 0.5) is 0 Å². The summed E-state index contributed by atoms with van der Waals surface area (Å²) in [6, 6.07) is 2.57. The van der Waals surface area contributed by atoms with Crippen molar-refractivity contribution in [2.24, 2.45) is 5.73 Å². The van der Waals surface area contributed by atoms with Crippen LogP contribution in [-0.2, 0) is 0 Å². The topological polar surface area (TPSA) is 79.1 Å². The Balaban J connectivity index is 2.95. The first-order chi connectivity index (χ1) is 5.61. The summed E-state index contributed by atoms with van der Waals surface area (Å²) in [5.74, 6) is 0. The van der Waals surface area contributed by atoms with E-state index < -0.39 is 12.1 Å². The molecular weight excluding hydrogens is 156 g/mol. The summed E-state index contributed by atoms with van der Waals surface area (Å²) in [5, 5.41) is 9.13. The molecule has 66 valence electrons. The number of pyridine rings is 1. The molecule has 0 aliphatic rings. The van der Waals surface area contributed by atoms with Crippen molar-refractivity contribution in [3.05, 3.63) is 34.2 Å². The van der Waals surface area contributed by atoms with Gasteiger partial charge < -0.3 is 15.8 Å². The first-order valence-electron chi connectivity index (χ1n) is 3.73. The van der Waals surface area contributed by atoms with Crippen molar-refractivity contribution in [2.45, 2.75) is 19.1 Å². The number of aromatic amines is 1. The van der Waals surface area contributed by atoms with Gasteiger partial charge in [0.15, 0.2) is 0 Å². The SMILES string of the molecule is C[C@H](O)[C@@H](N)c1cc[nH]c(=O)c1. The van der Waals surface area contributed by atoms with Crippen molar-refractivity contribution in [3.8, 4) is 0 Å². The predicted molar refractivity (Wildman–Crippen MR) is 45.7 cm³/mol. The molecule has 0 aliphatic carbocycles. The molecule has 1 aromatic rings. The molecule has 4 nitrogen and oxygen atoms in total. The van der Waals surface area contributed by atoms with Crippen LogP contribution in [0.25, 0.3) is 0 Å². The number of rotatable bonds is 2. The quantitative estimate of drug-likeness (QED) is 0.570. The van der Waals surface area contributed by atoms with Gasteiger partial charge in [-0.2, -0.15) is 0 Å². The van der Waals surface area contributed by atoms with Crippen LogP contribution < -0.4 is 11.3 Å². The third kappa shape index (κ3) is 1.93. The lowest BCUT2D eigenvalue weighted by Crippen LogP contribution is -2.24. The van der Waals surface area contributed by atoms with E-state index in [0.29, 0.717) is 5.56 Å². The van der Waals surface area contributed by atoms with Crippen LogP contribution in [0.3, 0.4) is 0 Å². The molecule has 0 saturated heterocycles. The molecule has 0 spiro atoms. The number of aliphatic hydroxyl groups excluding tert-OH is 1. The molecule has 12 heavy (non-hydrogen) atoms. The zero-order valence-electron chi connectivity index (χ0n) is 6.82. The summed E-state index contributed by atoms with van der Waals surface area (Å²) in [6.45, 7) is 1.59. The van der Waals surface area contributed by atoms with E-state index in [1.165, 1.54) is 12.3 Å². The summed E-state index contributed by atoms with van der Waals surface area (Å²) in [5.41, 5.74) is 6.05. The Labute approximate surface area is 70.0 Å². The molecule has 0 bridgehead atoms. The smallest absolute Gasteiger partial charge is 0.248 e. The molecule has 0 aliphatic heterocycles. The summed E-state index contributed by atoms with van der Waals surface area (Å²) < 4.78 is 0. The fraction of sp³-hybridized carbons (Fsp3) is 0.375. The zero-order chi connectivity index (χ0) is 9.14. The van der Waals surface area contributed by atoms with Crippen molar-refractivity contribution in [1.29, 1.82) is 0 Å². The van der Waals surface area contributed by atoms with Crippen molar-refractivity contribution in [2.75, 3.05) is 0 Å². The molecule has 0 saturated carbocycles. The van der Waals surface area contributed by atoms with Crippen LogP contribution in [-0.4, -0.2) is 16.2 Å². The van der Waals surface area contributed by atoms with Gasteiger partial charge in [-0.1, -0.05) is 0 Å². The first kappa shape index (κ1) is 8.96. The van der Waals surface area contributed by atoms with Gasteiger partial charge in [0.05, 0.1) is 12.1 Å². The lowest BCUT2D eigenvalue weighted by atomic mass is 10.1. The second-order valence-corrected chi connectivity index (χ2v) is 2.75. The normalized spacial score (nSPS) is 15.6. The van der Waals surface area contributed by atoms with Crippen LogP contribution in [0.5, 0.6) is 0 Å². The first-order valence-corrected chi connectivity index (χ1v) is 3.73. The highest BCUT2D eigenvalue weighted by molar-refractivity contribution is 5.15. The van der Waals surface area contributed by atoms with E-state index in [9.17, 15) is 4.79 Å². The van der Waals surface area contributed by atoms with Crippen molar-refractivity contribution in [3.63, 3.8) is 0 Å². The fourth-order valence-electron chi connectivity index (χ4n) is 0.947. The minimum atomic E-state index is -0.646. The number of aliphatic hydroxyl groups is 1. The second-order valence-electron chi connectivity index (χ2n) is 2.75. The highest BCUT2D eigenvalue weighted by atomic mass is 16.3. The molecule has 0 radical (unpaired) electrons. The van der Waals surface area contributed by atoms with Crippen molar-refractivity contribution >= 4 is 0 Å². The number of nitrogens with one attached hydrogen (secondary N) is 1. The van der Waals surface area contributed by atoms with Gasteiger partial charge >= 0.3 is 0 Å². The summed E-state index contributed by atoms with van der Waals surface area (Å²) in [4.78, 5) is 13.3. The van der Waals surface area contributed by atoms with Crippen molar-refractivity contribution < 1.29 is 5.11 Å². The van der Waals surface area contributed by atoms with Gasteiger partial charge in [-0.05, 0) is 18.6 Å². The van der Waals surface area contributed by atoms with E-state index >= 15 is 0 Å². The highest BCUT2D eigenvalue weighted by Crippen LogP contribution is 2.10. The van der Waals surface area contributed by atoms with Crippen molar-refractivity contribution in [1.82, 2.24) is 4.98 Å². The molecule has 0 fully saturated rings. The van der Waals surface area contributed by atoms with Crippen LogP contribution >= 0.6 is 0 Å². The number of hydrogen-bond donors (Lipinski definition) is 3. The third-order valence-electron chi connectivity index (χ3n) is 1.70. The Bertz CT molecular complexity index is 306. The monoisotopic (exact) mass is 168 g/mol. The molecule has 0 aromatic carbocycles. The van der Waals surface area contributed by atoms with E-state index in [2.05, 4.69) is 4.98 Å². The molecule has 0 unspecified atom stereocenters. The molecule has 1 rings (SSSR count). The Morgan fingerprint density at radius 2 is 2.33 bits per heavy atom. The van der Waals surface area contributed by atoms with Crippen LogP contribution in [0.1, 0.15) is 18.5 Å². The van der Waals surface area contributed by atoms with E-state index in [0.717, 1.165) is 0 Å². The van der Waals surface area contributed by atoms with Gasteiger partial charge in [-0.15, -0.1) is 0 Å². The lowest BCUT2D eigenvalue weighted by molar-refractivity contribution is 0.164. The van der Waals surface area contributed by atoms with Gasteiger partial charge in [0.25, 0.3) is 0 Å². The Morgan fingerprint density at radius 3 is 2.83 bits per heavy atom. The van der Waals surface area contributed by atoms with E-state index in [-0.39, 0.29) is 5.56 Å². The summed E-state index contributed by atoms with van der Waals surface area (Å²) in [6.07, 6.45) is 0.867. The molecular formula is C8H12N2O2. The molecule has 2 atom stereocenters. The lowest BCUT2D eigenvalue weighted by Gasteiger charge is -2.13. The zero-order valence-corrected chi connectivity index (χ0v) is 6.82. The van der Waals surface area contributed by atoms with E-state index in [4.69, 9.17) is 10.8 Å². The summed E-state index contributed by atoms with van der Waals surface area (Å²) in [7, 11) is 0. The van der Waals surface area contributed by atoms with E-state index in [1.54, 1.807) is 13.0 Å². The average molecular weight is 168 g/mol. The van der Waals surface area contributed by atoms with Crippen LogP contribution in [0, 0.1) is 0 Å². The van der Waals surface area contributed by atoms with Gasteiger partial charge in [-0.3, -0.25) is 4.79 Å². The Hall–Kier alpha value is -1.13. The average Bonchev–Trinajstić information content (AvgIpc) is 2.03. The molecule has 4 heteroatoms. The fourth-order valence-corrected chi connectivity index (χ4v) is 0.947. The Kier molecular flexibility index (Phi) is 2.62. The number of aromatic nitrogens is 1. The van der Waals surface area contributed by atoms with Crippen LogP contribution in [0.2, 0.25) is 0 Å². The molecule has 1 aromatic heterocycles. The minimum absolute atomic E-state index is 0.205. The maximum atomic E-state index is 10.8. The standard InChI is InChI=1S/C8H12N2O2/c1-5(11)8(9)6-2-3-10-7(12)4-6/h2-5,8,11H,9H2,1H3,(H,10,12)/t5-,8+/m0/s1. The third-order valence-corrected chi connectivity index (χ3v) is 1.70. The maximum absolute atomic E-state index is 10.8. The van der Waals surface area contributed by atoms with Crippen LogP contribution in [0.15, 0.2) is 23.1 Å². The molecule has 1 heterocycles. The van der Waals surface area contributed by atoms with Gasteiger partial charge in [0.2, 0.25) is 5.56 Å². The predicted octanol–water partition coefficient (Wildman–Crippen LogP) is -0.245. The second kappa shape index (κ2) is 3.51. The largest absolute Gasteiger partial charge is 0.391 e.